The SMILES string of the molecule is CCOC(=O)C1CC(CO)=NO1. The van der Waals surface area contributed by atoms with Gasteiger partial charge in [-0.2, -0.15) is 0 Å². The van der Waals surface area contributed by atoms with Crippen LogP contribution in [-0.4, -0.2) is 36.1 Å². The molecule has 0 aromatic carbocycles. The molecular formula is C7H11NO4. The normalized spacial score (nSPS) is 21.5. The van der Waals surface area contributed by atoms with Crippen LogP contribution in [0.15, 0.2) is 5.16 Å². The third-order valence-corrected chi connectivity index (χ3v) is 1.46. The van der Waals surface area contributed by atoms with Crippen molar-refractivity contribution in [2.24, 2.45) is 5.16 Å². The summed E-state index contributed by atoms with van der Waals surface area (Å²) in [4.78, 5) is 15.7. The van der Waals surface area contributed by atoms with Gasteiger partial charge in [0, 0.05) is 6.42 Å². The lowest BCUT2D eigenvalue weighted by molar-refractivity contribution is -0.154. The molecule has 0 bridgehead atoms. The van der Waals surface area contributed by atoms with Gasteiger partial charge in [0.15, 0.2) is 0 Å². The molecule has 0 aromatic rings. The summed E-state index contributed by atoms with van der Waals surface area (Å²) < 4.78 is 4.70. The lowest BCUT2D eigenvalue weighted by Crippen LogP contribution is -2.23. The van der Waals surface area contributed by atoms with E-state index < -0.39 is 12.1 Å². The number of ether oxygens (including phenoxy) is 1. The fourth-order valence-corrected chi connectivity index (χ4v) is 0.882. The Morgan fingerprint density at radius 1 is 1.92 bits per heavy atom. The maximum atomic E-state index is 11.0. The number of rotatable bonds is 3. The van der Waals surface area contributed by atoms with Gasteiger partial charge in [-0.15, -0.1) is 0 Å². The first-order valence-corrected chi connectivity index (χ1v) is 3.77. The highest BCUT2D eigenvalue weighted by Gasteiger charge is 2.28. The summed E-state index contributed by atoms with van der Waals surface area (Å²) in [5, 5.41) is 12.1. The molecule has 0 amide bonds. The molecule has 0 radical (unpaired) electrons. The molecule has 0 saturated heterocycles. The molecule has 1 N–H and O–H groups in total. The Morgan fingerprint density at radius 2 is 2.67 bits per heavy atom. The largest absolute Gasteiger partial charge is 0.463 e. The van der Waals surface area contributed by atoms with E-state index in [-0.39, 0.29) is 6.61 Å². The van der Waals surface area contributed by atoms with E-state index in [0.717, 1.165) is 0 Å². The summed E-state index contributed by atoms with van der Waals surface area (Å²) in [6.45, 7) is 1.88. The van der Waals surface area contributed by atoms with E-state index in [1.807, 2.05) is 0 Å². The Balaban J connectivity index is 2.35. The Labute approximate surface area is 70.0 Å². The molecule has 68 valence electrons. The average molecular weight is 173 g/mol. The smallest absolute Gasteiger partial charge is 0.350 e. The molecule has 1 aliphatic rings. The van der Waals surface area contributed by atoms with Crippen LogP contribution in [0.3, 0.4) is 0 Å². The number of aliphatic hydroxyl groups excluding tert-OH is 1. The highest BCUT2D eigenvalue weighted by Crippen LogP contribution is 2.11. The second-order valence-corrected chi connectivity index (χ2v) is 2.37. The van der Waals surface area contributed by atoms with Crippen LogP contribution in [-0.2, 0) is 14.4 Å². The van der Waals surface area contributed by atoms with E-state index in [4.69, 9.17) is 14.7 Å². The minimum atomic E-state index is -0.660. The Kier molecular flexibility index (Phi) is 3.04. The van der Waals surface area contributed by atoms with Gasteiger partial charge in [-0.25, -0.2) is 4.79 Å². The standard InChI is InChI=1S/C7H11NO4/c1-2-11-7(10)6-3-5(4-9)8-12-6/h6,9H,2-4H2,1H3. The zero-order valence-electron chi connectivity index (χ0n) is 6.82. The van der Waals surface area contributed by atoms with E-state index in [0.29, 0.717) is 18.7 Å². The van der Waals surface area contributed by atoms with Crippen LogP contribution in [0.4, 0.5) is 0 Å². The number of carbonyl (C=O) groups is 1. The average Bonchev–Trinajstić information content (AvgIpc) is 2.52. The fourth-order valence-electron chi connectivity index (χ4n) is 0.882. The second-order valence-electron chi connectivity index (χ2n) is 2.37. The minimum absolute atomic E-state index is 0.171. The molecule has 1 aliphatic heterocycles. The summed E-state index contributed by atoms with van der Waals surface area (Å²) in [5.41, 5.74) is 0.480. The molecule has 0 aromatic heterocycles. The van der Waals surface area contributed by atoms with Gasteiger partial charge >= 0.3 is 5.97 Å². The highest BCUT2D eigenvalue weighted by atomic mass is 16.7. The predicted molar refractivity (Wildman–Crippen MR) is 40.6 cm³/mol. The van der Waals surface area contributed by atoms with E-state index in [1.165, 1.54) is 0 Å². The Morgan fingerprint density at radius 3 is 3.17 bits per heavy atom. The van der Waals surface area contributed by atoms with Crippen LogP contribution in [0.2, 0.25) is 0 Å². The zero-order chi connectivity index (χ0) is 8.97. The van der Waals surface area contributed by atoms with Crippen molar-refractivity contribution in [3.05, 3.63) is 0 Å². The number of nitrogens with zero attached hydrogens (tertiary/aromatic N) is 1. The van der Waals surface area contributed by atoms with Crippen molar-refractivity contribution < 1.29 is 19.5 Å². The summed E-state index contributed by atoms with van der Waals surface area (Å²) in [7, 11) is 0. The predicted octanol–water partition coefficient (Wildman–Crippen LogP) is -0.313. The monoisotopic (exact) mass is 173 g/mol. The molecule has 1 atom stereocenters. The number of carbonyl (C=O) groups excluding carboxylic acids is 1. The number of hydrogen-bond acceptors (Lipinski definition) is 5. The molecule has 0 fully saturated rings. The molecule has 1 heterocycles. The lowest BCUT2D eigenvalue weighted by Gasteiger charge is -2.05. The van der Waals surface area contributed by atoms with Crippen molar-refractivity contribution in [2.75, 3.05) is 13.2 Å². The third-order valence-electron chi connectivity index (χ3n) is 1.46. The molecule has 12 heavy (non-hydrogen) atoms. The van der Waals surface area contributed by atoms with Crippen molar-refractivity contribution in [1.29, 1.82) is 0 Å². The Bertz CT molecular complexity index is 202. The van der Waals surface area contributed by atoms with Gasteiger partial charge in [0.25, 0.3) is 0 Å². The first-order valence-electron chi connectivity index (χ1n) is 3.77. The van der Waals surface area contributed by atoms with Gasteiger partial charge < -0.3 is 14.7 Å². The van der Waals surface area contributed by atoms with Crippen LogP contribution in [0.5, 0.6) is 0 Å². The first-order chi connectivity index (χ1) is 5.77. The minimum Gasteiger partial charge on any atom is -0.463 e. The van der Waals surface area contributed by atoms with Gasteiger partial charge in [0.1, 0.15) is 0 Å². The van der Waals surface area contributed by atoms with Crippen LogP contribution in [0.1, 0.15) is 13.3 Å². The topological polar surface area (TPSA) is 68.1 Å². The third kappa shape index (κ3) is 1.94. The molecule has 0 aliphatic carbocycles. The summed E-state index contributed by atoms with van der Waals surface area (Å²) >= 11 is 0. The first kappa shape index (κ1) is 8.99. The van der Waals surface area contributed by atoms with E-state index in [2.05, 4.69) is 5.16 Å². The van der Waals surface area contributed by atoms with Gasteiger partial charge in [0.2, 0.25) is 6.10 Å². The molecule has 0 spiro atoms. The zero-order valence-corrected chi connectivity index (χ0v) is 6.82. The second kappa shape index (κ2) is 4.06. The van der Waals surface area contributed by atoms with E-state index in [9.17, 15) is 4.79 Å². The number of hydrogen-bond donors (Lipinski definition) is 1. The van der Waals surface area contributed by atoms with Crippen molar-refractivity contribution in [2.45, 2.75) is 19.4 Å². The Hall–Kier alpha value is -1.10. The van der Waals surface area contributed by atoms with E-state index >= 15 is 0 Å². The van der Waals surface area contributed by atoms with Crippen molar-refractivity contribution >= 4 is 11.7 Å². The van der Waals surface area contributed by atoms with E-state index in [1.54, 1.807) is 6.92 Å². The molecule has 1 rings (SSSR count). The number of oxime groups is 1. The molecule has 0 saturated carbocycles. The quantitative estimate of drug-likeness (QED) is 0.594. The molecule has 5 heteroatoms. The van der Waals surface area contributed by atoms with Crippen LogP contribution < -0.4 is 0 Å². The van der Waals surface area contributed by atoms with Crippen molar-refractivity contribution in [3.63, 3.8) is 0 Å². The molecule has 1 unspecified atom stereocenters. The number of esters is 1. The van der Waals surface area contributed by atoms with Crippen LogP contribution in [0.25, 0.3) is 0 Å². The van der Waals surface area contributed by atoms with Gasteiger partial charge in [0.05, 0.1) is 18.9 Å². The van der Waals surface area contributed by atoms with Crippen LogP contribution in [0, 0.1) is 0 Å². The molecular weight excluding hydrogens is 162 g/mol. The van der Waals surface area contributed by atoms with Gasteiger partial charge in [-0.3, -0.25) is 0 Å². The van der Waals surface area contributed by atoms with Gasteiger partial charge in [-0.1, -0.05) is 5.16 Å². The van der Waals surface area contributed by atoms with Gasteiger partial charge in [-0.05, 0) is 6.92 Å². The van der Waals surface area contributed by atoms with Crippen LogP contribution >= 0.6 is 0 Å². The lowest BCUT2D eigenvalue weighted by atomic mass is 10.2. The van der Waals surface area contributed by atoms with Crippen molar-refractivity contribution in [3.8, 4) is 0 Å². The fraction of sp³-hybridized carbons (Fsp3) is 0.714. The highest BCUT2D eigenvalue weighted by molar-refractivity contribution is 5.91. The molecule has 5 nitrogen and oxygen atoms in total. The number of aliphatic hydroxyl groups is 1. The maximum absolute atomic E-state index is 11.0. The summed E-state index contributed by atoms with van der Waals surface area (Å²) in [6.07, 6.45) is -0.331. The summed E-state index contributed by atoms with van der Waals surface area (Å²) in [5.74, 6) is -0.426. The maximum Gasteiger partial charge on any atom is 0.350 e. The summed E-state index contributed by atoms with van der Waals surface area (Å²) in [6, 6.07) is 0. The van der Waals surface area contributed by atoms with Crippen molar-refractivity contribution in [1.82, 2.24) is 0 Å².